The summed E-state index contributed by atoms with van der Waals surface area (Å²) in [5, 5.41) is 10.2. The summed E-state index contributed by atoms with van der Waals surface area (Å²) in [6.07, 6.45) is 2.42. The fraction of sp³-hybridized carbons (Fsp3) is 0.214. The number of aliphatic carboxylic acids is 1. The molecule has 1 aromatic heterocycles. The first-order valence-electron chi connectivity index (χ1n) is 11.3. The molecule has 6 nitrogen and oxygen atoms in total. The van der Waals surface area contributed by atoms with E-state index in [-0.39, 0.29) is 18.9 Å². The van der Waals surface area contributed by atoms with E-state index in [4.69, 9.17) is 4.74 Å². The highest BCUT2D eigenvalue weighted by Gasteiger charge is 2.16. The van der Waals surface area contributed by atoms with Crippen molar-refractivity contribution in [3.05, 3.63) is 102 Å². The van der Waals surface area contributed by atoms with Gasteiger partial charge in [0.15, 0.2) is 0 Å². The molecule has 0 aliphatic carbocycles. The number of ether oxygens (including phenoxy) is 1. The van der Waals surface area contributed by atoms with Crippen LogP contribution >= 0.6 is 0 Å². The number of rotatable bonds is 10. The number of fused-ring (bicyclic) bond motifs is 1. The van der Waals surface area contributed by atoms with Crippen molar-refractivity contribution in [2.45, 2.75) is 26.0 Å². The smallest absolute Gasteiger partial charge is 0.307 e. The van der Waals surface area contributed by atoms with Gasteiger partial charge in [-0.3, -0.25) is 9.59 Å². The van der Waals surface area contributed by atoms with Gasteiger partial charge in [0.2, 0.25) is 5.91 Å². The monoisotopic (exact) mass is 456 g/mol. The third kappa shape index (κ3) is 5.84. The summed E-state index contributed by atoms with van der Waals surface area (Å²) in [4.78, 5) is 26.1. The molecule has 6 heteroatoms. The molecule has 1 amide bonds. The first kappa shape index (κ1) is 23.1. The molecule has 4 rings (SSSR count). The van der Waals surface area contributed by atoms with Gasteiger partial charge in [0.05, 0.1) is 6.42 Å². The predicted octanol–water partition coefficient (Wildman–Crippen LogP) is 4.55. The zero-order valence-electron chi connectivity index (χ0n) is 19.2. The van der Waals surface area contributed by atoms with Gasteiger partial charge in [-0.25, -0.2) is 0 Å². The number of aromatic nitrogens is 1. The first-order valence-corrected chi connectivity index (χ1v) is 11.3. The number of benzene rings is 3. The fourth-order valence-corrected chi connectivity index (χ4v) is 3.95. The minimum atomic E-state index is -0.916. The van der Waals surface area contributed by atoms with Gasteiger partial charge in [-0.05, 0) is 41.3 Å². The van der Waals surface area contributed by atoms with Gasteiger partial charge in [0.25, 0.3) is 0 Å². The average molecular weight is 457 g/mol. The second-order valence-electron chi connectivity index (χ2n) is 8.36. The molecule has 0 radical (unpaired) electrons. The van der Waals surface area contributed by atoms with E-state index in [1.54, 1.807) is 18.1 Å². The highest BCUT2D eigenvalue weighted by Crippen LogP contribution is 2.27. The maximum absolute atomic E-state index is 12.9. The Morgan fingerprint density at radius 1 is 0.941 bits per heavy atom. The Hall–Kier alpha value is -4.06. The highest BCUT2D eigenvalue weighted by atomic mass is 16.5. The second-order valence-corrected chi connectivity index (χ2v) is 8.36. The van der Waals surface area contributed by atoms with Gasteiger partial charge in [-0.15, -0.1) is 0 Å². The van der Waals surface area contributed by atoms with Crippen LogP contribution in [0.5, 0.6) is 5.75 Å². The van der Waals surface area contributed by atoms with Gasteiger partial charge in [-0.2, -0.15) is 0 Å². The number of hydrogen-bond acceptors (Lipinski definition) is 3. The van der Waals surface area contributed by atoms with E-state index in [1.165, 1.54) is 5.56 Å². The summed E-state index contributed by atoms with van der Waals surface area (Å²) in [6.45, 7) is 1.18. The van der Waals surface area contributed by atoms with Crippen LogP contribution in [-0.4, -0.2) is 40.0 Å². The molecular weight excluding hydrogens is 428 g/mol. The molecule has 0 spiro atoms. The van der Waals surface area contributed by atoms with Crippen LogP contribution < -0.4 is 4.74 Å². The molecule has 0 aliphatic heterocycles. The summed E-state index contributed by atoms with van der Waals surface area (Å²) in [7, 11) is 1.80. The van der Waals surface area contributed by atoms with Crippen LogP contribution in [0.4, 0.5) is 0 Å². The maximum Gasteiger partial charge on any atom is 0.307 e. The lowest BCUT2D eigenvalue weighted by Crippen LogP contribution is -2.31. The number of likely N-dealkylation sites (N-methyl/N-ethyl adjacent to an activating group) is 1. The predicted molar refractivity (Wildman–Crippen MR) is 132 cm³/mol. The molecular formula is C28H28N2O4. The van der Waals surface area contributed by atoms with E-state index >= 15 is 0 Å². The van der Waals surface area contributed by atoms with E-state index in [0.29, 0.717) is 24.5 Å². The Bertz CT molecular complexity index is 1270. The topological polar surface area (TPSA) is 71.8 Å². The largest absolute Gasteiger partial charge is 0.489 e. The van der Waals surface area contributed by atoms with E-state index in [1.807, 2.05) is 83.4 Å². The lowest BCUT2D eigenvalue weighted by Gasteiger charge is -2.18. The Balaban J connectivity index is 1.49. The second kappa shape index (κ2) is 10.7. The number of hydrogen-bond donors (Lipinski definition) is 1. The van der Waals surface area contributed by atoms with Crippen molar-refractivity contribution in [2.24, 2.45) is 0 Å². The Kier molecular flexibility index (Phi) is 7.28. The minimum absolute atomic E-state index is 0.0286. The Morgan fingerprint density at radius 2 is 1.62 bits per heavy atom. The highest BCUT2D eigenvalue weighted by molar-refractivity contribution is 5.90. The van der Waals surface area contributed by atoms with Crippen LogP contribution in [0.25, 0.3) is 10.9 Å². The van der Waals surface area contributed by atoms with Crippen LogP contribution in [0, 0.1) is 0 Å². The number of carboxylic acids is 1. The van der Waals surface area contributed by atoms with E-state index < -0.39 is 5.97 Å². The van der Waals surface area contributed by atoms with Crippen molar-refractivity contribution in [2.75, 3.05) is 13.6 Å². The molecule has 0 saturated heterocycles. The lowest BCUT2D eigenvalue weighted by atomic mass is 10.1. The lowest BCUT2D eigenvalue weighted by molar-refractivity contribution is -0.136. The van der Waals surface area contributed by atoms with E-state index in [9.17, 15) is 14.7 Å². The number of carbonyl (C=O) groups excluding carboxylic acids is 1. The van der Waals surface area contributed by atoms with Crippen LogP contribution in [0.3, 0.4) is 0 Å². The first-order chi connectivity index (χ1) is 16.5. The summed E-state index contributed by atoms with van der Waals surface area (Å²) in [5.74, 6) is -0.285. The Morgan fingerprint density at radius 3 is 2.29 bits per heavy atom. The molecule has 174 valence electrons. The van der Waals surface area contributed by atoms with E-state index in [2.05, 4.69) is 0 Å². The normalized spacial score (nSPS) is 10.9. The zero-order valence-corrected chi connectivity index (χ0v) is 19.2. The summed E-state index contributed by atoms with van der Waals surface area (Å²) in [6, 6.07) is 25.5. The summed E-state index contributed by atoms with van der Waals surface area (Å²) >= 11 is 0. The number of carbonyl (C=O) groups is 2. The molecule has 0 bridgehead atoms. The summed E-state index contributed by atoms with van der Waals surface area (Å²) < 4.78 is 7.76. The number of nitrogens with zero attached hydrogens (tertiary/aromatic N) is 2. The van der Waals surface area contributed by atoms with Crippen LogP contribution in [-0.2, 0) is 35.6 Å². The van der Waals surface area contributed by atoms with E-state index in [0.717, 1.165) is 22.9 Å². The molecule has 0 unspecified atom stereocenters. The molecule has 1 N–H and O–H groups in total. The molecule has 0 atom stereocenters. The third-order valence-electron chi connectivity index (χ3n) is 5.84. The molecule has 0 aliphatic rings. The van der Waals surface area contributed by atoms with Crippen LogP contribution in [0.15, 0.2) is 85.1 Å². The zero-order chi connectivity index (χ0) is 23.9. The molecule has 1 heterocycles. The minimum Gasteiger partial charge on any atom is -0.489 e. The Labute approximate surface area is 199 Å². The molecule has 34 heavy (non-hydrogen) atoms. The van der Waals surface area contributed by atoms with Crippen molar-refractivity contribution >= 4 is 22.8 Å². The van der Waals surface area contributed by atoms with Crippen molar-refractivity contribution in [3.63, 3.8) is 0 Å². The van der Waals surface area contributed by atoms with Crippen molar-refractivity contribution in [3.8, 4) is 5.75 Å². The van der Waals surface area contributed by atoms with Crippen molar-refractivity contribution in [1.82, 2.24) is 9.47 Å². The number of carboxylic acid groups (broad SMARTS) is 1. The maximum atomic E-state index is 12.9. The molecule has 0 saturated carbocycles. The molecule has 4 aromatic rings. The molecule has 3 aromatic carbocycles. The van der Waals surface area contributed by atoms with Gasteiger partial charge in [-0.1, -0.05) is 60.7 Å². The summed E-state index contributed by atoms with van der Waals surface area (Å²) in [5.41, 5.74) is 3.70. The SMILES string of the molecule is CN(CCc1ccccc1)C(=O)Cn1cc(CC(=O)O)c2cc(OCc3ccccc3)ccc21. The van der Waals surface area contributed by atoms with Crippen LogP contribution in [0.1, 0.15) is 16.7 Å². The van der Waals surface area contributed by atoms with Crippen molar-refractivity contribution in [1.29, 1.82) is 0 Å². The number of amides is 1. The standard InChI is InChI=1S/C28H28N2O4/c1-29(15-14-21-8-4-2-5-9-21)27(31)19-30-18-23(16-28(32)33)25-17-24(12-13-26(25)30)34-20-22-10-6-3-7-11-22/h2-13,17-18H,14-16,19-20H2,1H3,(H,32,33). The van der Waals surface area contributed by atoms with Gasteiger partial charge < -0.3 is 19.3 Å². The average Bonchev–Trinajstić information content (AvgIpc) is 3.18. The van der Waals surface area contributed by atoms with Crippen molar-refractivity contribution < 1.29 is 19.4 Å². The third-order valence-corrected chi connectivity index (χ3v) is 5.84. The fourth-order valence-electron chi connectivity index (χ4n) is 3.95. The molecule has 0 fully saturated rings. The quantitative estimate of drug-likeness (QED) is 0.380. The van der Waals surface area contributed by atoms with Gasteiger partial charge in [0.1, 0.15) is 18.9 Å². The van der Waals surface area contributed by atoms with Gasteiger partial charge in [0, 0.05) is 30.7 Å². The van der Waals surface area contributed by atoms with Crippen LogP contribution in [0.2, 0.25) is 0 Å². The van der Waals surface area contributed by atoms with Gasteiger partial charge >= 0.3 is 5.97 Å².